The van der Waals surface area contributed by atoms with Gasteiger partial charge in [0.05, 0.1) is 9.26 Å². The first-order valence-corrected chi connectivity index (χ1v) is 7.01. The molecule has 0 atom stereocenters. The fourth-order valence-corrected chi connectivity index (χ4v) is 2.44. The number of rotatable bonds is 3. The minimum Gasteiger partial charge on any atom is -0.236 e. The molecule has 0 aliphatic rings. The van der Waals surface area contributed by atoms with E-state index in [-0.39, 0.29) is 5.82 Å². The molecule has 0 amide bonds. The summed E-state index contributed by atoms with van der Waals surface area (Å²) in [6.45, 7) is 2.03. The Morgan fingerprint density at radius 2 is 1.89 bits per heavy atom. The normalized spacial score (nSPS) is 10.7. The van der Waals surface area contributed by atoms with Gasteiger partial charge >= 0.3 is 0 Å². The Labute approximate surface area is 124 Å². The van der Waals surface area contributed by atoms with Crippen LogP contribution < -0.4 is 0 Å². The fourth-order valence-electron chi connectivity index (χ4n) is 1.61. The van der Waals surface area contributed by atoms with Crippen molar-refractivity contribution in [3.63, 3.8) is 0 Å². The van der Waals surface area contributed by atoms with Crippen LogP contribution in [0.1, 0.15) is 24.0 Å². The molecule has 0 bridgehead atoms. The Morgan fingerprint density at radius 1 is 1.22 bits per heavy atom. The minimum atomic E-state index is -0.241. The topological polar surface area (TPSA) is 25.8 Å². The highest BCUT2D eigenvalue weighted by molar-refractivity contribution is 14.1. The van der Waals surface area contributed by atoms with Crippen molar-refractivity contribution < 1.29 is 4.39 Å². The molecule has 94 valence electrons. The molecule has 1 aromatic heterocycles. The number of aromatic nitrogens is 2. The molecule has 1 aromatic carbocycles. The second kappa shape index (κ2) is 5.93. The number of benzene rings is 1. The van der Waals surface area contributed by atoms with Crippen molar-refractivity contribution in [1.29, 1.82) is 0 Å². The van der Waals surface area contributed by atoms with Gasteiger partial charge in [0, 0.05) is 6.42 Å². The van der Waals surface area contributed by atoms with Gasteiger partial charge in [-0.1, -0.05) is 30.7 Å². The van der Waals surface area contributed by atoms with Crippen LogP contribution in [0.3, 0.4) is 0 Å². The average Bonchev–Trinajstić information content (AvgIpc) is 2.36. The second-order valence-corrected chi connectivity index (χ2v) is 5.28. The van der Waals surface area contributed by atoms with Gasteiger partial charge in [-0.15, -0.1) is 0 Å². The summed E-state index contributed by atoms with van der Waals surface area (Å²) in [6.07, 6.45) is 1.38. The maximum absolute atomic E-state index is 12.8. The van der Waals surface area contributed by atoms with Gasteiger partial charge in [0.1, 0.15) is 16.8 Å². The molecule has 0 radical (unpaired) electrons. The van der Waals surface area contributed by atoms with Crippen molar-refractivity contribution in [2.45, 2.75) is 19.8 Å². The third kappa shape index (κ3) is 3.17. The van der Waals surface area contributed by atoms with Crippen LogP contribution in [0.4, 0.5) is 4.39 Å². The highest BCUT2D eigenvalue weighted by Crippen LogP contribution is 2.20. The molecular formula is C13H11ClFIN2. The molecule has 0 saturated carbocycles. The standard InChI is InChI=1S/C13H11ClFIN2/c1-2-10-12(16)13(14)18-11(17-10)7-8-3-5-9(15)6-4-8/h3-6H,2,7H2,1H3. The zero-order chi connectivity index (χ0) is 13.1. The first-order valence-electron chi connectivity index (χ1n) is 5.55. The molecule has 2 aromatic rings. The highest BCUT2D eigenvalue weighted by Gasteiger charge is 2.09. The van der Waals surface area contributed by atoms with E-state index in [9.17, 15) is 4.39 Å². The van der Waals surface area contributed by atoms with Gasteiger partial charge in [-0.25, -0.2) is 14.4 Å². The van der Waals surface area contributed by atoms with Crippen molar-refractivity contribution in [3.05, 3.63) is 55.9 Å². The highest BCUT2D eigenvalue weighted by atomic mass is 127. The largest absolute Gasteiger partial charge is 0.236 e. The Morgan fingerprint density at radius 3 is 2.50 bits per heavy atom. The molecule has 2 rings (SSSR count). The van der Waals surface area contributed by atoms with Crippen molar-refractivity contribution in [2.24, 2.45) is 0 Å². The number of halogens is 3. The number of hydrogen-bond acceptors (Lipinski definition) is 2. The van der Waals surface area contributed by atoms with Crippen molar-refractivity contribution >= 4 is 34.2 Å². The van der Waals surface area contributed by atoms with E-state index >= 15 is 0 Å². The SMILES string of the molecule is CCc1nc(Cc2ccc(F)cc2)nc(Cl)c1I. The van der Waals surface area contributed by atoms with E-state index in [1.165, 1.54) is 12.1 Å². The monoisotopic (exact) mass is 376 g/mol. The van der Waals surface area contributed by atoms with Gasteiger partial charge in [0.25, 0.3) is 0 Å². The minimum absolute atomic E-state index is 0.241. The maximum atomic E-state index is 12.8. The van der Waals surface area contributed by atoms with Gasteiger partial charge < -0.3 is 0 Å². The summed E-state index contributed by atoms with van der Waals surface area (Å²) in [5, 5.41) is 0.486. The molecule has 0 aliphatic heterocycles. The molecule has 0 fully saturated rings. The van der Waals surface area contributed by atoms with Crippen LogP contribution in [0, 0.1) is 9.39 Å². The van der Waals surface area contributed by atoms with E-state index in [0.717, 1.165) is 21.2 Å². The molecular weight excluding hydrogens is 366 g/mol. The van der Waals surface area contributed by atoms with Crippen molar-refractivity contribution in [2.75, 3.05) is 0 Å². The van der Waals surface area contributed by atoms with Gasteiger partial charge in [0.15, 0.2) is 0 Å². The Hall–Kier alpha value is -0.750. The molecule has 0 unspecified atom stereocenters. The summed E-state index contributed by atoms with van der Waals surface area (Å²) >= 11 is 8.22. The zero-order valence-corrected chi connectivity index (χ0v) is 12.7. The smallest absolute Gasteiger partial charge is 0.146 e. The lowest BCUT2D eigenvalue weighted by atomic mass is 10.1. The number of hydrogen-bond donors (Lipinski definition) is 0. The maximum Gasteiger partial charge on any atom is 0.146 e. The molecule has 2 nitrogen and oxygen atoms in total. The van der Waals surface area contributed by atoms with E-state index in [4.69, 9.17) is 11.6 Å². The third-order valence-electron chi connectivity index (χ3n) is 2.54. The van der Waals surface area contributed by atoms with Gasteiger partial charge in [-0.05, 0) is 46.7 Å². The molecule has 18 heavy (non-hydrogen) atoms. The predicted molar refractivity (Wildman–Crippen MR) is 78.3 cm³/mol. The lowest BCUT2D eigenvalue weighted by Gasteiger charge is -2.06. The lowest BCUT2D eigenvalue weighted by molar-refractivity contribution is 0.627. The fraction of sp³-hybridized carbons (Fsp3) is 0.231. The van der Waals surface area contributed by atoms with Gasteiger partial charge in [-0.2, -0.15) is 0 Å². The zero-order valence-electron chi connectivity index (χ0n) is 9.75. The third-order valence-corrected chi connectivity index (χ3v) is 4.26. The van der Waals surface area contributed by atoms with Crippen LogP contribution in [0.2, 0.25) is 5.15 Å². The molecule has 0 N–H and O–H groups in total. The number of nitrogens with zero attached hydrogens (tertiary/aromatic N) is 2. The Kier molecular flexibility index (Phi) is 4.50. The van der Waals surface area contributed by atoms with Gasteiger partial charge in [0.2, 0.25) is 0 Å². The van der Waals surface area contributed by atoms with E-state index < -0.39 is 0 Å². The molecule has 0 aliphatic carbocycles. The first kappa shape index (κ1) is 13.7. The first-order chi connectivity index (χ1) is 8.60. The molecule has 0 spiro atoms. The Bertz CT molecular complexity index is 558. The average molecular weight is 377 g/mol. The van der Waals surface area contributed by atoms with Crippen LogP contribution in [0.5, 0.6) is 0 Å². The summed E-state index contributed by atoms with van der Waals surface area (Å²) in [5.41, 5.74) is 1.92. The van der Waals surface area contributed by atoms with Crippen molar-refractivity contribution in [3.8, 4) is 0 Å². The summed E-state index contributed by atoms with van der Waals surface area (Å²) in [6, 6.07) is 6.33. The van der Waals surface area contributed by atoms with Crippen LogP contribution in [-0.2, 0) is 12.8 Å². The summed E-state index contributed by atoms with van der Waals surface area (Å²) in [4.78, 5) is 8.72. The van der Waals surface area contributed by atoms with Crippen LogP contribution >= 0.6 is 34.2 Å². The quantitative estimate of drug-likeness (QED) is 0.597. The lowest BCUT2D eigenvalue weighted by Crippen LogP contribution is -2.03. The van der Waals surface area contributed by atoms with E-state index in [1.807, 2.05) is 6.92 Å². The predicted octanol–water partition coefficient (Wildman–Crippen LogP) is 4.03. The van der Waals surface area contributed by atoms with Gasteiger partial charge in [-0.3, -0.25) is 0 Å². The van der Waals surface area contributed by atoms with Crippen LogP contribution in [-0.4, -0.2) is 9.97 Å². The second-order valence-electron chi connectivity index (χ2n) is 3.85. The molecule has 5 heteroatoms. The summed E-state index contributed by atoms with van der Waals surface area (Å²) in [7, 11) is 0. The van der Waals surface area contributed by atoms with E-state index in [0.29, 0.717) is 17.4 Å². The summed E-state index contributed by atoms with van der Waals surface area (Å²) in [5.74, 6) is 0.429. The van der Waals surface area contributed by atoms with Crippen molar-refractivity contribution in [1.82, 2.24) is 9.97 Å². The van der Waals surface area contributed by atoms with Crippen LogP contribution in [0.25, 0.3) is 0 Å². The van der Waals surface area contributed by atoms with E-state index in [1.54, 1.807) is 12.1 Å². The van der Waals surface area contributed by atoms with E-state index in [2.05, 4.69) is 32.6 Å². The molecule has 0 saturated heterocycles. The Balaban J connectivity index is 2.29. The van der Waals surface area contributed by atoms with Crippen LogP contribution in [0.15, 0.2) is 24.3 Å². The summed E-state index contributed by atoms with van der Waals surface area (Å²) < 4.78 is 13.7. The molecule has 1 heterocycles. The number of aryl methyl sites for hydroxylation is 1.